The highest BCUT2D eigenvalue weighted by atomic mass is 35.5. The highest BCUT2D eigenvalue weighted by Gasteiger charge is 2.30. The summed E-state index contributed by atoms with van der Waals surface area (Å²) < 4.78 is 34.1. The molecule has 3 aromatic carbocycles. The number of anilines is 1. The number of aryl methyl sites for hydroxylation is 1. The molecule has 2 N–H and O–H groups in total. The molecule has 156 valence electrons. The minimum atomic E-state index is -3.86. The van der Waals surface area contributed by atoms with E-state index < -0.39 is 10.0 Å². The van der Waals surface area contributed by atoms with E-state index in [0.717, 1.165) is 5.56 Å². The fourth-order valence-electron chi connectivity index (χ4n) is 3.09. The Morgan fingerprint density at radius 2 is 1.90 bits per heavy atom. The van der Waals surface area contributed by atoms with Crippen molar-refractivity contribution in [1.29, 1.82) is 5.26 Å². The van der Waals surface area contributed by atoms with Crippen LogP contribution in [0.4, 0.5) is 5.69 Å². The van der Waals surface area contributed by atoms with Gasteiger partial charge in [0.05, 0.1) is 23.2 Å². The van der Waals surface area contributed by atoms with Crippen molar-refractivity contribution in [1.82, 2.24) is 4.72 Å². The minimum Gasteiger partial charge on any atom is -0.454 e. The number of halogens is 1. The minimum absolute atomic E-state index is 0.0555. The van der Waals surface area contributed by atoms with Crippen molar-refractivity contribution >= 4 is 33.3 Å². The average Bonchev–Trinajstić information content (AvgIpc) is 2.74. The van der Waals surface area contributed by atoms with Crippen molar-refractivity contribution in [2.75, 3.05) is 5.32 Å². The van der Waals surface area contributed by atoms with E-state index in [9.17, 15) is 8.42 Å². The molecule has 1 heterocycles. The highest BCUT2D eigenvalue weighted by molar-refractivity contribution is 7.90. The summed E-state index contributed by atoms with van der Waals surface area (Å²) in [5.41, 5.74) is 2.26. The Labute approximate surface area is 185 Å². The lowest BCUT2D eigenvalue weighted by Crippen LogP contribution is -2.41. The highest BCUT2D eigenvalue weighted by Crippen LogP contribution is 2.39. The lowest BCUT2D eigenvalue weighted by molar-refractivity contribution is 0.482. The SMILES string of the molecule is Cc1cc(Oc2ccccc2Cl)c2c(c1)S(=O)(=O)NC(=NCc1cccc(C#N)c1)N2. The Morgan fingerprint density at radius 3 is 2.68 bits per heavy atom. The number of fused-ring (bicyclic) bond motifs is 1. The molecule has 4 rings (SSSR count). The molecule has 7 nitrogen and oxygen atoms in total. The Bertz CT molecular complexity index is 1350. The maximum absolute atomic E-state index is 12.9. The van der Waals surface area contributed by atoms with E-state index in [1.165, 1.54) is 0 Å². The Morgan fingerprint density at radius 1 is 1.10 bits per heavy atom. The van der Waals surface area contributed by atoms with Crippen molar-refractivity contribution in [3.8, 4) is 17.6 Å². The smallest absolute Gasteiger partial charge is 0.266 e. The zero-order valence-corrected chi connectivity index (χ0v) is 18.0. The molecule has 0 aromatic heterocycles. The molecule has 1 aliphatic rings. The number of ether oxygens (including phenoxy) is 1. The van der Waals surface area contributed by atoms with Gasteiger partial charge in [0.15, 0.2) is 5.75 Å². The number of sulfonamides is 1. The molecule has 3 aromatic rings. The second-order valence-electron chi connectivity index (χ2n) is 6.88. The summed E-state index contributed by atoms with van der Waals surface area (Å²) in [5.74, 6) is 0.775. The van der Waals surface area contributed by atoms with Crippen LogP contribution in [-0.2, 0) is 16.6 Å². The first kappa shape index (κ1) is 20.7. The lowest BCUT2D eigenvalue weighted by atomic mass is 10.1. The molecule has 0 fully saturated rings. The van der Waals surface area contributed by atoms with Crippen molar-refractivity contribution in [3.05, 3.63) is 82.4 Å². The third-order valence-electron chi connectivity index (χ3n) is 4.51. The van der Waals surface area contributed by atoms with Crippen LogP contribution < -0.4 is 14.8 Å². The van der Waals surface area contributed by atoms with Gasteiger partial charge in [-0.2, -0.15) is 5.26 Å². The van der Waals surface area contributed by atoms with Crippen LogP contribution in [0.2, 0.25) is 5.02 Å². The zero-order chi connectivity index (χ0) is 22.0. The third-order valence-corrected chi connectivity index (χ3v) is 6.18. The molecule has 0 atom stereocenters. The molecule has 0 spiro atoms. The van der Waals surface area contributed by atoms with Gasteiger partial charge in [0, 0.05) is 0 Å². The molecular weight excluding hydrogens is 436 g/mol. The Kier molecular flexibility index (Phi) is 5.55. The largest absolute Gasteiger partial charge is 0.454 e. The number of nitrogens with one attached hydrogen (secondary N) is 2. The molecule has 0 radical (unpaired) electrons. The van der Waals surface area contributed by atoms with Gasteiger partial charge in [-0.25, -0.2) is 18.1 Å². The first-order valence-corrected chi connectivity index (χ1v) is 11.1. The van der Waals surface area contributed by atoms with Crippen LogP contribution in [0.3, 0.4) is 0 Å². The predicted molar refractivity (Wildman–Crippen MR) is 119 cm³/mol. The van der Waals surface area contributed by atoms with Gasteiger partial charge >= 0.3 is 0 Å². The predicted octanol–water partition coefficient (Wildman–Crippen LogP) is 4.57. The van der Waals surface area contributed by atoms with Gasteiger partial charge in [-0.05, 0) is 54.4 Å². The fraction of sp³-hybridized carbons (Fsp3) is 0.0909. The number of benzene rings is 3. The van der Waals surface area contributed by atoms with Crippen LogP contribution >= 0.6 is 11.6 Å². The van der Waals surface area contributed by atoms with Gasteiger partial charge in [0.1, 0.15) is 16.3 Å². The maximum Gasteiger partial charge on any atom is 0.266 e. The lowest BCUT2D eigenvalue weighted by Gasteiger charge is -2.24. The van der Waals surface area contributed by atoms with Gasteiger partial charge < -0.3 is 10.1 Å². The molecule has 1 aliphatic heterocycles. The molecule has 0 bridgehead atoms. The number of para-hydroxylation sites is 1. The Hall–Kier alpha value is -3.54. The topological polar surface area (TPSA) is 104 Å². The molecular formula is C22H17ClN4O3S. The van der Waals surface area contributed by atoms with Crippen LogP contribution in [-0.4, -0.2) is 14.4 Å². The fourth-order valence-corrected chi connectivity index (χ4v) is 4.51. The zero-order valence-electron chi connectivity index (χ0n) is 16.4. The van der Waals surface area contributed by atoms with E-state index in [1.807, 2.05) is 6.07 Å². The van der Waals surface area contributed by atoms with E-state index >= 15 is 0 Å². The summed E-state index contributed by atoms with van der Waals surface area (Å²) in [7, 11) is -3.86. The van der Waals surface area contributed by atoms with E-state index in [-0.39, 0.29) is 23.1 Å². The molecule has 0 amide bonds. The number of nitrogens with zero attached hydrogens (tertiary/aromatic N) is 2. The van der Waals surface area contributed by atoms with Crippen molar-refractivity contribution in [2.24, 2.45) is 4.99 Å². The van der Waals surface area contributed by atoms with Crippen LogP contribution in [0, 0.1) is 18.3 Å². The number of aliphatic imine (C=N–C) groups is 1. The van der Waals surface area contributed by atoms with Gasteiger partial charge in [0.2, 0.25) is 5.96 Å². The van der Waals surface area contributed by atoms with Crippen LogP contribution in [0.1, 0.15) is 16.7 Å². The normalized spacial score (nSPS) is 15.3. The van der Waals surface area contributed by atoms with Gasteiger partial charge in [-0.1, -0.05) is 35.9 Å². The van der Waals surface area contributed by atoms with Crippen molar-refractivity contribution in [3.63, 3.8) is 0 Å². The molecule has 0 unspecified atom stereocenters. The summed E-state index contributed by atoms with van der Waals surface area (Å²) in [4.78, 5) is 4.39. The van der Waals surface area contributed by atoms with Gasteiger partial charge in [0.25, 0.3) is 10.0 Å². The molecule has 0 saturated carbocycles. The second-order valence-corrected chi connectivity index (χ2v) is 8.93. The summed E-state index contributed by atoms with van der Waals surface area (Å²) in [6.07, 6.45) is 0. The van der Waals surface area contributed by atoms with Crippen molar-refractivity contribution < 1.29 is 13.2 Å². The maximum atomic E-state index is 12.9. The standard InChI is InChI=1S/C22H17ClN4O3S/c1-14-9-19(30-18-8-3-2-7-17(18)23)21-20(10-14)31(28,29)27-22(26-21)25-13-16-6-4-5-15(11-16)12-24/h2-11H,13H2,1H3,(H2,25,26,27). The van der Waals surface area contributed by atoms with Gasteiger partial charge in [-0.15, -0.1) is 0 Å². The summed E-state index contributed by atoms with van der Waals surface area (Å²) in [6.45, 7) is 1.96. The van der Waals surface area contributed by atoms with Crippen LogP contribution in [0.15, 0.2) is 70.6 Å². The summed E-state index contributed by atoms with van der Waals surface area (Å²) in [5, 5.41) is 12.5. The number of hydrogen-bond acceptors (Lipinski definition) is 5. The summed E-state index contributed by atoms with van der Waals surface area (Å²) >= 11 is 6.20. The molecule has 0 saturated heterocycles. The first-order chi connectivity index (χ1) is 14.9. The second kappa shape index (κ2) is 8.30. The quantitative estimate of drug-likeness (QED) is 0.603. The first-order valence-electron chi connectivity index (χ1n) is 9.26. The van der Waals surface area contributed by atoms with E-state index in [0.29, 0.717) is 27.6 Å². The van der Waals surface area contributed by atoms with Crippen molar-refractivity contribution in [2.45, 2.75) is 18.4 Å². The number of nitriles is 1. The monoisotopic (exact) mass is 452 g/mol. The van der Waals surface area contributed by atoms with E-state index in [2.05, 4.69) is 21.1 Å². The molecule has 9 heteroatoms. The van der Waals surface area contributed by atoms with E-state index in [4.69, 9.17) is 21.6 Å². The number of hydrogen-bond donors (Lipinski definition) is 2. The number of rotatable bonds is 4. The molecule has 0 aliphatic carbocycles. The molecule has 31 heavy (non-hydrogen) atoms. The average molecular weight is 453 g/mol. The van der Waals surface area contributed by atoms with Gasteiger partial charge in [-0.3, -0.25) is 0 Å². The Balaban J connectivity index is 1.71. The van der Waals surface area contributed by atoms with Crippen LogP contribution in [0.5, 0.6) is 11.5 Å². The third kappa shape index (κ3) is 4.48. The van der Waals surface area contributed by atoms with E-state index in [1.54, 1.807) is 61.5 Å². The summed E-state index contributed by atoms with van der Waals surface area (Å²) in [6, 6.07) is 19.2. The number of guanidine groups is 1. The van der Waals surface area contributed by atoms with Crippen LogP contribution in [0.25, 0.3) is 0 Å².